The minimum absolute atomic E-state index is 0.1000. The molecule has 0 bridgehead atoms. The van der Waals surface area contributed by atoms with E-state index in [0.29, 0.717) is 12.1 Å². The largest absolute Gasteiger partial charge is 0.462 e. The van der Waals surface area contributed by atoms with Gasteiger partial charge in [0.2, 0.25) is 0 Å². The Morgan fingerprint density at radius 3 is 2.24 bits per heavy atom. The predicted molar refractivity (Wildman–Crippen MR) is 77.2 cm³/mol. The number of aliphatic hydroxyl groups is 1. The summed E-state index contributed by atoms with van der Waals surface area (Å²) in [7, 11) is 1.71. The maximum absolute atomic E-state index is 12.0. The van der Waals surface area contributed by atoms with Crippen LogP contribution in [-0.4, -0.2) is 43.9 Å². The lowest BCUT2D eigenvalue weighted by Crippen LogP contribution is -2.19. The zero-order valence-electron chi connectivity index (χ0n) is 12.5. The molecule has 1 unspecified atom stereocenters. The zero-order valence-corrected chi connectivity index (χ0v) is 12.5. The first-order valence-corrected chi connectivity index (χ1v) is 6.85. The average Bonchev–Trinajstić information content (AvgIpc) is 2.47. The maximum atomic E-state index is 12.0. The van der Waals surface area contributed by atoms with E-state index in [4.69, 9.17) is 9.47 Å². The second-order valence-electron chi connectivity index (χ2n) is 4.32. The lowest BCUT2D eigenvalue weighted by atomic mass is 10.0. The lowest BCUT2D eigenvalue weighted by Gasteiger charge is -2.14. The smallest absolute Gasteiger partial charge is 0.339 e. The van der Waals surface area contributed by atoms with Gasteiger partial charge >= 0.3 is 11.9 Å². The summed E-state index contributed by atoms with van der Waals surface area (Å²) in [6.07, 6.45) is -0.778. The van der Waals surface area contributed by atoms with Gasteiger partial charge in [0.25, 0.3) is 0 Å². The molecule has 6 nitrogen and oxygen atoms in total. The zero-order chi connectivity index (χ0) is 15.8. The topological polar surface area (TPSA) is 84.9 Å². The summed E-state index contributed by atoms with van der Waals surface area (Å²) in [6.45, 7) is 4.12. The molecule has 21 heavy (non-hydrogen) atoms. The summed E-state index contributed by atoms with van der Waals surface area (Å²) in [5, 5.41) is 12.8. The van der Waals surface area contributed by atoms with Gasteiger partial charge in [-0.15, -0.1) is 0 Å². The van der Waals surface area contributed by atoms with Gasteiger partial charge < -0.3 is 19.9 Å². The molecule has 0 amide bonds. The second-order valence-corrected chi connectivity index (χ2v) is 4.32. The third-order valence-corrected chi connectivity index (χ3v) is 2.82. The van der Waals surface area contributed by atoms with E-state index in [1.165, 1.54) is 12.1 Å². The number of likely N-dealkylation sites (N-methyl/N-ethyl adjacent to an activating group) is 1. The van der Waals surface area contributed by atoms with Gasteiger partial charge in [-0.2, -0.15) is 0 Å². The van der Waals surface area contributed by atoms with Crippen molar-refractivity contribution in [3.63, 3.8) is 0 Å². The predicted octanol–water partition coefficient (Wildman–Crippen LogP) is 1.29. The Bertz CT molecular complexity index is 501. The van der Waals surface area contributed by atoms with Crippen molar-refractivity contribution >= 4 is 11.9 Å². The molecule has 6 heteroatoms. The van der Waals surface area contributed by atoms with Crippen LogP contribution in [0.2, 0.25) is 0 Å². The number of carbonyl (C=O) groups excluding carboxylic acids is 2. The minimum atomic E-state index is -0.778. The number of rotatable bonds is 7. The molecule has 0 aliphatic rings. The molecule has 0 saturated carbocycles. The normalized spacial score (nSPS) is 11.8. The van der Waals surface area contributed by atoms with Gasteiger partial charge in [-0.05, 0) is 38.6 Å². The Labute approximate surface area is 124 Å². The summed E-state index contributed by atoms with van der Waals surface area (Å²) in [5.74, 6) is -1.20. The fourth-order valence-corrected chi connectivity index (χ4v) is 1.84. The van der Waals surface area contributed by atoms with Gasteiger partial charge in [0.1, 0.15) is 0 Å². The number of benzene rings is 1. The molecule has 0 fully saturated rings. The minimum Gasteiger partial charge on any atom is -0.462 e. The highest BCUT2D eigenvalue weighted by Crippen LogP contribution is 2.19. The summed E-state index contributed by atoms with van der Waals surface area (Å²) >= 11 is 0. The van der Waals surface area contributed by atoms with Gasteiger partial charge in [0.15, 0.2) is 0 Å². The molecule has 0 radical (unpaired) electrons. The highest BCUT2D eigenvalue weighted by Gasteiger charge is 2.21. The third-order valence-electron chi connectivity index (χ3n) is 2.82. The molecule has 0 heterocycles. The van der Waals surface area contributed by atoms with Crippen LogP contribution in [0.5, 0.6) is 0 Å². The number of hydrogen-bond donors (Lipinski definition) is 2. The van der Waals surface area contributed by atoms with Crippen molar-refractivity contribution in [3.05, 3.63) is 34.9 Å². The number of nitrogens with one attached hydrogen (secondary N) is 1. The second kappa shape index (κ2) is 8.39. The molecule has 0 aromatic heterocycles. The van der Waals surface area contributed by atoms with Crippen LogP contribution in [0.15, 0.2) is 18.2 Å². The van der Waals surface area contributed by atoms with Gasteiger partial charge in [0.05, 0.1) is 30.4 Å². The van der Waals surface area contributed by atoms with Crippen molar-refractivity contribution < 1.29 is 24.2 Å². The lowest BCUT2D eigenvalue weighted by molar-refractivity contribution is 0.0478. The van der Waals surface area contributed by atoms with E-state index < -0.39 is 18.0 Å². The van der Waals surface area contributed by atoms with Crippen molar-refractivity contribution in [2.24, 2.45) is 0 Å². The third kappa shape index (κ3) is 4.54. The van der Waals surface area contributed by atoms with Crippen LogP contribution in [0.1, 0.15) is 46.2 Å². The molecule has 1 atom stereocenters. The maximum Gasteiger partial charge on any atom is 0.339 e. The Kier molecular flexibility index (Phi) is 6.84. The Hall–Kier alpha value is -1.92. The Morgan fingerprint density at radius 2 is 1.71 bits per heavy atom. The van der Waals surface area contributed by atoms with E-state index in [0.717, 1.165) is 0 Å². The van der Waals surface area contributed by atoms with Gasteiger partial charge in [-0.3, -0.25) is 0 Å². The van der Waals surface area contributed by atoms with E-state index in [1.807, 2.05) is 0 Å². The highest BCUT2D eigenvalue weighted by atomic mass is 16.5. The van der Waals surface area contributed by atoms with Gasteiger partial charge in [-0.1, -0.05) is 6.07 Å². The SMILES string of the molecule is CCOC(=O)c1ccc(C(O)CNC)cc1C(=O)OCC. The molecule has 1 rings (SSSR count). The first kappa shape index (κ1) is 17.1. The van der Waals surface area contributed by atoms with E-state index in [-0.39, 0.29) is 24.3 Å². The number of ether oxygens (including phenoxy) is 2. The molecule has 0 aliphatic carbocycles. The summed E-state index contributed by atoms with van der Waals surface area (Å²) in [4.78, 5) is 23.9. The quantitative estimate of drug-likeness (QED) is 0.737. The molecule has 0 saturated heterocycles. The monoisotopic (exact) mass is 295 g/mol. The first-order chi connectivity index (χ1) is 10.0. The molecule has 116 valence electrons. The van der Waals surface area contributed by atoms with Crippen LogP contribution in [0.25, 0.3) is 0 Å². The fraction of sp³-hybridized carbons (Fsp3) is 0.467. The molecular formula is C15H21NO5. The summed E-state index contributed by atoms with van der Waals surface area (Å²) < 4.78 is 9.87. The average molecular weight is 295 g/mol. The summed E-state index contributed by atoms with van der Waals surface area (Å²) in [5.41, 5.74) is 0.763. The highest BCUT2D eigenvalue weighted by molar-refractivity contribution is 6.03. The van der Waals surface area contributed by atoms with Crippen LogP contribution in [0.3, 0.4) is 0 Å². The van der Waals surface area contributed by atoms with Crippen LogP contribution in [-0.2, 0) is 9.47 Å². The number of esters is 2. The summed E-state index contributed by atoms with van der Waals surface area (Å²) in [6, 6.07) is 4.53. The van der Waals surface area contributed by atoms with E-state index in [2.05, 4.69) is 5.32 Å². The molecular weight excluding hydrogens is 274 g/mol. The van der Waals surface area contributed by atoms with E-state index in [1.54, 1.807) is 27.0 Å². The number of aliphatic hydroxyl groups excluding tert-OH is 1. The van der Waals surface area contributed by atoms with Crippen LogP contribution < -0.4 is 5.32 Å². The molecule has 1 aromatic carbocycles. The molecule has 2 N–H and O–H groups in total. The van der Waals surface area contributed by atoms with E-state index in [9.17, 15) is 14.7 Å². The molecule has 0 spiro atoms. The number of hydrogen-bond acceptors (Lipinski definition) is 6. The van der Waals surface area contributed by atoms with Crippen molar-refractivity contribution in [1.82, 2.24) is 5.32 Å². The Balaban J connectivity index is 3.19. The van der Waals surface area contributed by atoms with Crippen LogP contribution in [0.4, 0.5) is 0 Å². The van der Waals surface area contributed by atoms with Crippen molar-refractivity contribution in [2.45, 2.75) is 20.0 Å². The van der Waals surface area contributed by atoms with Crippen LogP contribution in [0, 0.1) is 0 Å². The Morgan fingerprint density at radius 1 is 1.14 bits per heavy atom. The fourth-order valence-electron chi connectivity index (χ4n) is 1.84. The van der Waals surface area contributed by atoms with E-state index >= 15 is 0 Å². The number of carbonyl (C=O) groups is 2. The molecule has 1 aromatic rings. The van der Waals surface area contributed by atoms with Crippen molar-refractivity contribution in [3.8, 4) is 0 Å². The first-order valence-electron chi connectivity index (χ1n) is 6.85. The van der Waals surface area contributed by atoms with Gasteiger partial charge in [0, 0.05) is 6.54 Å². The standard InChI is InChI=1S/C15H21NO5/c1-4-20-14(18)11-7-6-10(13(17)9-16-3)8-12(11)15(19)21-5-2/h6-8,13,16-17H,4-5,9H2,1-3H3. The van der Waals surface area contributed by atoms with Crippen molar-refractivity contribution in [1.29, 1.82) is 0 Å². The van der Waals surface area contributed by atoms with Crippen LogP contribution >= 0.6 is 0 Å². The molecule has 0 aliphatic heterocycles. The van der Waals surface area contributed by atoms with Gasteiger partial charge in [-0.25, -0.2) is 9.59 Å². The van der Waals surface area contributed by atoms with Crippen molar-refractivity contribution in [2.75, 3.05) is 26.8 Å².